The molecule has 0 saturated heterocycles. The van der Waals surface area contributed by atoms with E-state index in [1.807, 2.05) is 84.9 Å². The average molecular weight is 636 g/mol. The Bertz CT molecular complexity index is 1830. The van der Waals surface area contributed by atoms with Crippen molar-refractivity contribution in [3.8, 4) is 34.2 Å². The molecule has 6 rings (SSSR count). The maximum absolute atomic E-state index is 14.0. The van der Waals surface area contributed by atoms with E-state index >= 15 is 0 Å². The number of anilines is 1. The standard InChI is InChI=1S/C35H33N5O5S/c1-43-27-14-12-26(13-15-27)40-35-32(33(38-40)24-9-5-4-6-10-24)34(25-11-16-28(44-2)29(18-25)45-3)46-22-31(42)39(35)21-30(41)37-20-23-8-7-17-36-19-23/h4-19,34H,20-22H2,1-3H3,(H,37,41)/t34-/m0/s1. The third kappa shape index (κ3) is 6.27. The van der Waals surface area contributed by atoms with Crippen LogP contribution in [0.1, 0.15) is 21.9 Å². The van der Waals surface area contributed by atoms with Crippen molar-refractivity contribution in [1.82, 2.24) is 20.1 Å². The minimum absolute atomic E-state index is 0.139. The molecule has 5 aromatic rings. The Morgan fingerprint density at radius 2 is 1.72 bits per heavy atom. The highest BCUT2D eigenvalue weighted by molar-refractivity contribution is 8.00. The van der Waals surface area contributed by atoms with Gasteiger partial charge in [0, 0.05) is 30.1 Å². The van der Waals surface area contributed by atoms with Gasteiger partial charge in [0.1, 0.15) is 18.1 Å². The first-order valence-electron chi connectivity index (χ1n) is 14.6. The van der Waals surface area contributed by atoms with Gasteiger partial charge in [-0.2, -0.15) is 5.10 Å². The number of pyridine rings is 1. The van der Waals surface area contributed by atoms with E-state index in [0.29, 0.717) is 34.4 Å². The molecule has 3 aromatic carbocycles. The maximum Gasteiger partial charge on any atom is 0.240 e. The second-order valence-electron chi connectivity index (χ2n) is 10.5. The molecule has 1 atom stereocenters. The number of carbonyl (C=O) groups excluding carboxylic acids is 2. The van der Waals surface area contributed by atoms with Gasteiger partial charge >= 0.3 is 0 Å². The number of hydrogen-bond donors (Lipinski definition) is 1. The van der Waals surface area contributed by atoms with E-state index in [1.54, 1.807) is 43.3 Å². The zero-order valence-corrected chi connectivity index (χ0v) is 26.5. The predicted molar refractivity (Wildman–Crippen MR) is 178 cm³/mol. The Morgan fingerprint density at radius 1 is 0.935 bits per heavy atom. The molecule has 10 nitrogen and oxygen atoms in total. The summed E-state index contributed by atoms with van der Waals surface area (Å²) < 4.78 is 18.3. The maximum atomic E-state index is 14.0. The third-order valence-corrected chi connectivity index (χ3v) is 8.93. The first-order chi connectivity index (χ1) is 22.5. The van der Waals surface area contributed by atoms with Crippen LogP contribution in [0.3, 0.4) is 0 Å². The van der Waals surface area contributed by atoms with Crippen LogP contribution in [-0.2, 0) is 16.1 Å². The van der Waals surface area contributed by atoms with Gasteiger partial charge in [0.05, 0.1) is 43.7 Å². The summed E-state index contributed by atoms with van der Waals surface area (Å²) in [4.78, 5) is 33.2. The van der Waals surface area contributed by atoms with Crippen molar-refractivity contribution in [3.63, 3.8) is 0 Å². The Morgan fingerprint density at radius 3 is 2.41 bits per heavy atom. The van der Waals surface area contributed by atoms with Crippen LogP contribution in [0, 0.1) is 0 Å². The molecule has 234 valence electrons. The number of amides is 2. The summed E-state index contributed by atoms with van der Waals surface area (Å²) in [6.45, 7) is 0.0962. The van der Waals surface area contributed by atoms with Gasteiger partial charge in [0.15, 0.2) is 11.5 Å². The summed E-state index contributed by atoms with van der Waals surface area (Å²) in [6, 6.07) is 26.8. The molecular weight excluding hydrogens is 602 g/mol. The number of nitrogens with zero attached hydrogens (tertiary/aromatic N) is 4. The van der Waals surface area contributed by atoms with Crippen molar-refractivity contribution < 1.29 is 23.8 Å². The lowest BCUT2D eigenvalue weighted by molar-refractivity contribution is -0.123. The number of aromatic nitrogens is 3. The number of methoxy groups -OCH3 is 3. The molecule has 0 spiro atoms. The van der Waals surface area contributed by atoms with E-state index < -0.39 is 0 Å². The molecule has 46 heavy (non-hydrogen) atoms. The molecule has 2 amide bonds. The summed E-state index contributed by atoms with van der Waals surface area (Å²) in [6.07, 6.45) is 3.38. The average Bonchev–Trinajstić information content (AvgIpc) is 3.44. The molecule has 3 heterocycles. The number of ether oxygens (including phenoxy) is 3. The molecule has 1 N–H and O–H groups in total. The first kappa shape index (κ1) is 30.7. The van der Waals surface area contributed by atoms with Crippen molar-refractivity contribution in [2.75, 3.05) is 38.5 Å². The zero-order valence-electron chi connectivity index (χ0n) is 25.7. The summed E-state index contributed by atoms with van der Waals surface area (Å²) in [5, 5.41) is 7.76. The van der Waals surface area contributed by atoms with Crippen LogP contribution in [0.15, 0.2) is 97.3 Å². The van der Waals surface area contributed by atoms with E-state index in [0.717, 1.165) is 22.3 Å². The van der Waals surface area contributed by atoms with Crippen molar-refractivity contribution in [1.29, 1.82) is 0 Å². The summed E-state index contributed by atoms with van der Waals surface area (Å²) in [5.74, 6) is 2.02. The molecule has 0 fully saturated rings. The number of benzene rings is 3. The number of nitrogens with one attached hydrogen (secondary N) is 1. The van der Waals surface area contributed by atoms with Crippen LogP contribution >= 0.6 is 11.8 Å². The Hall–Kier alpha value is -5.29. The Balaban J connectivity index is 1.53. The molecule has 1 aliphatic heterocycles. The van der Waals surface area contributed by atoms with Gasteiger partial charge in [-0.15, -0.1) is 11.8 Å². The lowest BCUT2D eigenvalue weighted by atomic mass is 9.99. The van der Waals surface area contributed by atoms with Gasteiger partial charge in [0.2, 0.25) is 11.8 Å². The first-order valence-corrected chi connectivity index (χ1v) is 15.7. The molecule has 0 aliphatic carbocycles. The van der Waals surface area contributed by atoms with Gasteiger partial charge < -0.3 is 19.5 Å². The number of hydrogen-bond acceptors (Lipinski definition) is 8. The van der Waals surface area contributed by atoms with Crippen LogP contribution in [-0.4, -0.2) is 60.2 Å². The lowest BCUT2D eigenvalue weighted by Crippen LogP contribution is -2.42. The second-order valence-corrected chi connectivity index (χ2v) is 11.6. The smallest absolute Gasteiger partial charge is 0.240 e. The highest BCUT2D eigenvalue weighted by Crippen LogP contribution is 2.49. The second kappa shape index (κ2) is 13.8. The fourth-order valence-electron chi connectivity index (χ4n) is 5.41. The summed E-state index contributed by atoms with van der Waals surface area (Å²) in [7, 11) is 4.80. The van der Waals surface area contributed by atoms with Crippen LogP contribution in [0.2, 0.25) is 0 Å². The normalized spacial score (nSPS) is 14.3. The quantitative estimate of drug-likeness (QED) is 0.216. The zero-order chi connectivity index (χ0) is 32.0. The predicted octanol–water partition coefficient (Wildman–Crippen LogP) is 5.45. The van der Waals surface area contributed by atoms with Crippen LogP contribution in [0.25, 0.3) is 16.9 Å². The minimum Gasteiger partial charge on any atom is -0.497 e. The number of thioether (sulfide) groups is 1. The third-order valence-electron chi connectivity index (χ3n) is 7.68. The molecule has 0 unspecified atom stereocenters. The van der Waals surface area contributed by atoms with E-state index in [-0.39, 0.29) is 35.9 Å². The van der Waals surface area contributed by atoms with Crippen molar-refractivity contribution in [2.45, 2.75) is 11.8 Å². The number of carbonyl (C=O) groups is 2. The molecular formula is C35H33N5O5S. The van der Waals surface area contributed by atoms with Crippen molar-refractivity contribution in [3.05, 3.63) is 114 Å². The van der Waals surface area contributed by atoms with Gasteiger partial charge in [-0.25, -0.2) is 4.68 Å². The van der Waals surface area contributed by atoms with E-state index in [1.165, 1.54) is 11.8 Å². The highest BCUT2D eigenvalue weighted by Gasteiger charge is 2.38. The Labute approximate surface area is 271 Å². The fraction of sp³-hybridized carbons (Fsp3) is 0.200. The van der Waals surface area contributed by atoms with Crippen molar-refractivity contribution in [2.24, 2.45) is 0 Å². The van der Waals surface area contributed by atoms with Crippen molar-refractivity contribution >= 4 is 29.4 Å². The van der Waals surface area contributed by atoms with Gasteiger partial charge in [-0.3, -0.25) is 19.5 Å². The molecule has 0 saturated carbocycles. The molecule has 11 heteroatoms. The SMILES string of the molecule is COc1ccc(-n2nc(-c3ccccc3)c3c2N(CC(=O)NCc2cccnc2)C(=O)CS[C@H]3c2ccc(OC)c(OC)c2)cc1. The summed E-state index contributed by atoms with van der Waals surface area (Å²) in [5.41, 5.74) is 4.88. The Kier molecular flexibility index (Phi) is 9.20. The monoisotopic (exact) mass is 635 g/mol. The lowest BCUT2D eigenvalue weighted by Gasteiger charge is -2.23. The summed E-state index contributed by atoms with van der Waals surface area (Å²) >= 11 is 1.48. The number of rotatable bonds is 10. The van der Waals surface area contributed by atoms with Crippen LogP contribution in [0.4, 0.5) is 5.82 Å². The van der Waals surface area contributed by atoms with Gasteiger partial charge in [0.25, 0.3) is 0 Å². The minimum atomic E-state index is -0.329. The molecule has 2 aromatic heterocycles. The van der Waals surface area contributed by atoms with E-state index in [2.05, 4.69) is 10.3 Å². The highest BCUT2D eigenvalue weighted by atomic mass is 32.2. The van der Waals surface area contributed by atoms with E-state index in [4.69, 9.17) is 19.3 Å². The van der Waals surface area contributed by atoms with Gasteiger partial charge in [-0.1, -0.05) is 42.5 Å². The number of fused-ring (bicyclic) bond motifs is 1. The molecule has 0 radical (unpaired) electrons. The largest absolute Gasteiger partial charge is 0.497 e. The molecule has 0 bridgehead atoms. The van der Waals surface area contributed by atoms with Gasteiger partial charge in [-0.05, 0) is 53.6 Å². The topological polar surface area (TPSA) is 108 Å². The van der Waals surface area contributed by atoms with E-state index in [9.17, 15) is 9.59 Å². The van der Waals surface area contributed by atoms with Crippen LogP contribution in [0.5, 0.6) is 17.2 Å². The fourth-order valence-corrected chi connectivity index (χ4v) is 6.60. The molecule has 1 aliphatic rings. The van der Waals surface area contributed by atoms with Crippen LogP contribution < -0.4 is 24.4 Å².